The largest absolute Gasteiger partial charge is 0.461 e. The van der Waals surface area contributed by atoms with Crippen LogP contribution in [-0.4, -0.2) is 12.3 Å². The summed E-state index contributed by atoms with van der Waals surface area (Å²) in [6.07, 6.45) is 1.93. The third-order valence-corrected chi connectivity index (χ3v) is 2.85. The maximum Gasteiger partial charge on any atom is 0.199 e. The van der Waals surface area contributed by atoms with Crippen LogP contribution in [0, 0.1) is 0 Å². The number of nitrogens with one attached hydrogen (secondary N) is 1. The second kappa shape index (κ2) is 5.68. The molecule has 1 aromatic heterocycles. The molecule has 0 saturated carbocycles. The van der Waals surface area contributed by atoms with Crippen molar-refractivity contribution in [2.75, 3.05) is 11.9 Å². The quantitative estimate of drug-likeness (QED) is 0.854. The SMILES string of the molecule is O=C(CCNc1ccc(Br)cc1)c1ccco1. The normalized spacial score (nSPS) is 10.2. The summed E-state index contributed by atoms with van der Waals surface area (Å²) in [6.45, 7) is 0.598. The van der Waals surface area contributed by atoms with Crippen LogP contribution >= 0.6 is 15.9 Å². The van der Waals surface area contributed by atoms with Gasteiger partial charge < -0.3 is 9.73 Å². The van der Waals surface area contributed by atoms with Gasteiger partial charge in [0.15, 0.2) is 11.5 Å². The Morgan fingerprint density at radius 1 is 1.24 bits per heavy atom. The highest BCUT2D eigenvalue weighted by molar-refractivity contribution is 9.10. The Bertz CT molecular complexity index is 477. The molecule has 0 saturated heterocycles. The number of rotatable bonds is 5. The molecule has 1 heterocycles. The first-order valence-electron chi connectivity index (χ1n) is 5.32. The molecule has 1 N–H and O–H groups in total. The van der Waals surface area contributed by atoms with Crippen molar-refractivity contribution in [2.45, 2.75) is 6.42 Å². The smallest absolute Gasteiger partial charge is 0.199 e. The lowest BCUT2D eigenvalue weighted by atomic mass is 10.2. The van der Waals surface area contributed by atoms with E-state index in [1.807, 2.05) is 24.3 Å². The van der Waals surface area contributed by atoms with Gasteiger partial charge in [0.25, 0.3) is 0 Å². The Hall–Kier alpha value is -1.55. The molecule has 0 atom stereocenters. The van der Waals surface area contributed by atoms with E-state index in [0.29, 0.717) is 18.7 Å². The number of hydrogen-bond donors (Lipinski definition) is 1. The molecule has 0 fully saturated rings. The standard InChI is InChI=1S/C13H12BrNO2/c14-10-3-5-11(6-4-10)15-8-7-12(16)13-2-1-9-17-13/h1-6,9,15H,7-8H2. The molecule has 0 radical (unpaired) electrons. The Balaban J connectivity index is 1.80. The molecule has 17 heavy (non-hydrogen) atoms. The van der Waals surface area contributed by atoms with Crippen molar-refractivity contribution in [3.05, 3.63) is 52.9 Å². The summed E-state index contributed by atoms with van der Waals surface area (Å²) in [5, 5.41) is 3.18. The minimum Gasteiger partial charge on any atom is -0.461 e. The summed E-state index contributed by atoms with van der Waals surface area (Å²) in [7, 11) is 0. The van der Waals surface area contributed by atoms with Crippen molar-refractivity contribution in [2.24, 2.45) is 0 Å². The van der Waals surface area contributed by atoms with Crippen molar-refractivity contribution in [1.82, 2.24) is 0 Å². The van der Waals surface area contributed by atoms with Crippen LogP contribution in [0.5, 0.6) is 0 Å². The first kappa shape index (κ1) is 11.9. The third-order valence-electron chi connectivity index (χ3n) is 2.32. The Labute approximate surface area is 108 Å². The van der Waals surface area contributed by atoms with Crippen LogP contribution in [0.1, 0.15) is 17.0 Å². The Morgan fingerprint density at radius 2 is 2.00 bits per heavy atom. The molecule has 3 nitrogen and oxygen atoms in total. The van der Waals surface area contributed by atoms with E-state index in [9.17, 15) is 4.79 Å². The van der Waals surface area contributed by atoms with Gasteiger partial charge >= 0.3 is 0 Å². The molecule has 2 aromatic rings. The molecule has 0 aliphatic carbocycles. The van der Waals surface area contributed by atoms with Gasteiger partial charge in [-0.05, 0) is 36.4 Å². The summed E-state index contributed by atoms with van der Waals surface area (Å²) < 4.78 is 6.07. The van der Waals surface area contributed by atoms with E-state index in [4.69, 9.17) is 4.42 Å². The first-order valence-corrected chi connectivity index (χ1v) is 6.11. The lowest BCUT2D eigenvalue weighted by Gasteiger charge is -2.04. The molecular formula is C13H12BrNO2. The van der Waals surface area contributed by atoms with Crippen LogP contribution < -0.4 is 5.32 Å². The second-order valence-electron chi connectivity index (χ2n) is 3.58. The molecule has 0 spiro atoms. The van der Waals surface area contributed by atoms with Crippen LogP contribution in [0.25, 0.3) is 0 Å². The molecule has 0 aliphatic rings. The minimum absolute atomic E-state index is 0.0135. The van der Waals surface area contributed by atoms with Gasteiger partial charge in [0.05, 0.1) is 6.26 Å². The van der Waals surface area contributed by atoms with Crippen LogP contribution in [-0.2, 0) is 0 Å². The predicted molar refractivity (Wildman–Crippen MR) is 70.3 cm³/mol. The van der Waals surface area contributed by atoms with Crippen LogP contribution in [0.3, 0.4) is 0 Å². The van der Waals surface area contributed by atoms with Gasteiger partial charge in [-0.3, -0.25) is 4.79 Å². The van der Waals surface area contributed by atoms with E-state index >= 15 is 0 Å². The zero-order valence-corrected chi connectivity index (χ0v) is 10.7. The lowest BCUT2D eigenvalue weighted by Crippen LogP contribution is -2.08. The highest BCUT2D eigenvalue weighted by Gasteiger charge is 2.07. The summed E-state index contributed by atoms with van der Waals surface area (Å²) in [5.41, 5.74) is 1.00. The van der Waals surface area contributed by atoms with E-state index in [1.165, 1.54) is 6.26 Å². The maximum absolute atomic E-state index is 11.6. The lowest BCUT2D eigenvalue weighted by molar-refractivity contribution is 0.0960. The topological polar surface area (TPSA) is 42.2 Å². The average Bonchev–Trinajstić information content (AvgIpc) is 2.85. The van der Waals surface area contributed by atoms with Crippen LogP contribution in [0.15, 0.2) is 51.6 Å². The molecule has 0 amide bonds. The Kier molecular flexibility index (Phi) is 3.98. The highest BCUT2D eigenvalue weighted by Crippen LogP contribution is 2.14. The van der Waals surface area contributed by atoms with Crippen molar-refractivity contribution < 1.29 is 9.21 Å². The number of ketones is 1. The van der Waals surface area contributed by atoms with E-state index in [1.54, 1.807) is 12.1 Å². The van der Waals surface area contributed by atoms with E-state index < -0.39 is 0 Å². The van der Waals surface area contributed by atoms with Gasteiger partial charge in [-0.25, -0.2) is 0 Å². The second-order valence-corrected chi connectivity index (χ2v) is 4.50. The summed E-state index contributed by atoms with van der Waals surface area (Å²) in [4.78, 5) is 11.6. The summed E-state index contributed by atoms with van der Waals surface area (Å²) in [6, 6.07) is 11.2. The number of hydrogen-bond acceptors (Lipinski definition) is 3. The number of halogens is 1. The van der Waals surface area contributed by atoms with Crippen molar-refractivity contribution in [3.63, 3.8) is 0 Å². The van der Waals surface area contributed by atoms with E-state index in [0.717, 1.165) is 10.2 Å². The number of carbonyl (C=O) groups is 1. The minimum atomic E-state index is 0.0135. The fraction of sp³-hybridized carbons (Fsp3) is 0.154. The number of benzene rings is 1. The highest BCUT2D eigenvalue weighted by atomic mass is 79.9. The van der Waals surface area contributed by atoms with Gasteiger partial charge in [0.1, 0.15) is 0 Å². The maximum atomic E-state index is 11.6. The van der Waals surface area contributed by atoms with Crippen molar-refractivity contribution in [1.29, 1.82) is 0 Å². The van der Waals surface area contributed by atoms with Crippen molar-refractivity contribution in [3.8, 4) is 0 Å². The zero-order valence-electron chi connectivity index (χ0n) is 9.15. The van der Waals surface area contributed by atoms with E-state index in [-0.39, 0.29) is 5.78 Å². The van der Waals surface area contributed by atoms with Gasteiger partial charge in [0, 0.05) is 23.1 Å². The monoisotopic (exact) mass is 293 g/mol. The van der Waals surface area contributed by atoms with Gasteiger partial charge in [0.2, 0.25) is 0 Å². The summed E-state index contributed by atoms with van der Waals surface area (Å²) >= 11 is 3.37. The molecular weight excluding hydrogens is 282 g/mol. The molecule has 0 bridgehead atoms. The van der Waals surface area contributed by atoms with Gasteiger partial charge in [-0.15, -0.1) is 0 Å². The molecule has 1 aromatic carbocycles. The fourth-order valence-electron chi connectivity index (χ4n) is 1.45. The molecule has 4 heteroatoms. The molecule has 0 aliphatic heterocycles. The molecule has 2 rings (SSSR count). The fourth-order valence-corrected chi connectivity index (χ4v) is 1.71. The molecule has 88 valence electrons. The average molecular weight is 294 g/mol. The predicted octanol–water partition coefficient (Wildman–Crippen LogP) is 3.73. The van der Waals surface area contributed by atoms with Gasteiger partial charge in [-0.2, -0.15) is 0 Å². The third kappa shape index (κ3) is 3.46. The molecule has 0 unspecified atom stereocenters. The Morgan fingerprint density at radius 3 is 2.65 bits per heavy atom. The zero-order chi connectivity index (χ0) is 12.1. The number of Topliss-reactive ketones (excluding diaryl/α,β-unsaturated/α-hetero) is 1. The first-order chi connectivity index (χ1) is 8.25. The van der Waals surface area contributed by atoms with Crippen molar-refractivity contribution >= 4 is 27.4 Å². The number of anilines is 1. The number of furan rings is 1. The van der Waals surface area contributed by atoms with E-state index in [2.05, 4.69) is 21.2 Å². The van der Waals surface area contributed by atoms with Crippen LogP contribution in [0.2, 0.25) is 0 Å². The van der Waals surface area contributed by atoms with Crippen LogP contribution in [0.4, 0.5) is 5.69 Å². The number of carbonyl (C=O) groups excluding carboxylic acids is 1. The van der Waals surface area contributed by atoms with Gasteiger partial charge in [-0.1, -0.05) is 15.9 Å². The summed E-state index contributed by atoms with van der Waals surface area (Å²) in [5.74, 6) is 0.433.